The molecule has 1 unspecified atom stereocenters. The van der Waals surface area contributed by atoms with Crippen molar-refractivity contribution in [2.75, 3.05) is 13.1 Å². The molecule has 0 saturated carbocycles. The molecule has 1 aliphatic rings. The fraction of sp³-hybridized carbons (Fsp3) is 0.333. The number of para-hydroxylation sites is 1. The predicted octanol–water partition coefficient (Wildman–Crippen LogP) is 1.04. The first-order valence-electron chi connectivity index (χ1n) is 6.77. The highest BCUT2D eigenvalue weighted by Gasteiger charge is 2.32. The number of aromatic nitrogens is 1. The molecular formula is C15H17N3O2. The van der Waals surface area contributed by atoms with Crippen LogP contribution in [0.4, 0.5) is 0 Å². The number of primary amides is 1. The summed E-state index contributed by atoms with van der Waals surface area (Å²) < 4.78 is 0. The van der Waals surface area contributed by atoms with Crippen molar-refractivity contribution in [2.24, 2.45) is 11.7 Å². The number of aromatic amines is 1. The lowest BCUT2D eigenvalue weighted by Gasteiger charge is -2.15. The van der Waals surface area contributed by atoms with Gasteiger partial charge in [-0.15, -0.1) is 0 Å². The van der Waals surface area contributed by atoms with Crippen molar-refractivity contribution in [3.8, 4) is 0 Å². The van der Waals surface area contributed by atoms with Gasteiger partial charge in [0.15, 0.2) is 0 Å². The second-order valence-corrected chi connectivity index (χ2v) is 5.27. The SMILES string of the molecule is NC(=O)C1CC(=O)N(CCc2cc3ccccc3[nH]2)C1. The number of fused-ring (bicyclic) bond motifs is 1. The second-order valence-electron chi connectivity index (χ2n) is 5.27. The van der Waals surface area contributed by atoms with Crippen LogP contribution in [0.1, 0.15) is 12.1 Å². The number of benzene rings is 1. The minimum atomic E-state index is -0.383. The van der Waals surface area contributed by atoms with Gasteiger partial charge < -0.3 is 15.6 Å². The van der Waals surface area contributed by atoms with Gasteiger partial charge in [-0.25, -0.2) is 0 Å². The molecule has 0 bridgehead atoms. The quantitative estimate of drug-likeness (QED) is 0.871. The Balaban J connectivity index is 1.64. The molecule has 20 heavy (non-hydrogen) atoms. The number of likely N-dealkylation sites (tertiary alicyclic amines) is 1. The van der Waals surface area contributed by atoms with Crippen molar-refractivity contribution in [2.45, 2.75) is 12.8 Å². The molecule has 1 aromatic carbocycles. The smallest absolute Gasteiger partial charge is 0.223 e. The van der Waals surface area contributed by atoms with Gasteiger partial charge in [0.05, 0.1) is 5.92 Å². The third-order valence-corrected chi connectivity index (χ3v) is 3.85. The average molecular weight is 271 g/mol. The molecule has 2 aromatic rings. The summed E-state index contributed by atoms with van der Waals surface area (Å²) in [6.45, 7) is 1.07. The van der Waals surface area contributed by atoms with E-state index in [2.05, 4.69) is 17.1 Å². The van der Waals surface area contributed by atoms with Crippen LogP contribution in [0.25, 0.3) is 10.9 Å². The number of nitrogens with one attached hydrogen (secondary N) is 1. The number of carbonyl (C=O) groups excluding carboxylic acids is 2. The molecule has 0 spiro atoms. The van der Waals surface area contributed by atoms with Crippen molar-refractivity contribution < 1.29 is 9.59 Å². The molecule has 1 aromatic heterocycles. The minimum Gasteiger partial charge on any atom is -0.369 e. The largest absolute Gasteiger partial charge is 0.369 e. The maximum absolute atomic E-state index is 11.8. The van der Waals surface area contributed by atoms with E-state index in [4.69, 9.17) is 5.73 Å². The van der Waals surface area contributed by atoms with Crippen molar-refractivity contribution in [1.82, 2.24) is 9.88 Å². The van der Waals surface area contributed by atoms with Gasteiger partial charge in [0.1, 0.15) is 0 Å². The van der Waals surface area contributed by atoms with Crippen LogP contribution in [0, 0.1) is 5.92 Å². The lowest BCUT2D eigenvalue weighted by Crippen LogP contribution is -2.30. The van der Waals surface area contributed by atoms with Crippen molar-refractivity contribution >= 4 is 22.7 Å². The highest BCUT2D eigenvalue weighted by molar-refractivity contribution is 5.88. The number of hydrogen-bond donors (Lipinski definition) is 2. The molecule has 5 heteroatoms. The number of amides is 2. The molecule has 0 radical (unpaired) electrons. The number of nitrogens with two attached hydrogens (primary N) is 1. The standard InChI is InChI=1S/C15H17N3O2/c16-15(20)11-8-14(19)18(9-11)6-5-12-7-10-3-1-2-4-13(10)17-12/h1-4,7,11,17H,5-6,8-9H2,(H2,16,20). The maximum atomic E-state index is 11.8. The second kappa shape index (κ2) is 5.00. The summed E-state index contributed by atoms with van der Waals surface area (Å²) in [5, 5.41) is 1.17. The van der Waals surface area contributed by atoms with Crippen molar-refractivity contribution in [3.05, 3.63) is 36.0 Å². The third-order valence-electron chi connectivity index (χ3n) is 3.85. The molecule has 104 valence electrons. The molecule has 2 heterocycles. The van der Waals surface area contributed by atoms with Gasteiger partial charge in [0, 0.05) is 37.1 Å². The first kappa shape index (κ1) is 12.7. The Kier molecular flexibility index (Phi) is 3.18. The van der Waals surface area contributed by atoms with Gasteiger partial charge in [-0.3, -0.25) is 9.59 Å². The lowest BCUT2D eigenvalue weighted by atomic mass is 10.1. The van der Waals surface area contributed by atoms with Crippen LogP contribution in [0.15, 0.2) is 30.3 Å². The fourth-order valence-electron chi connectivity index (χ4n) is 2.70. The molecule has 5 nitrogen and oxygen atoms in total. The molecule has 1 atom stereocenters. The number of hydrogen-bond acceptors (Lipinski definition) is 2. The lowest BCUT2D eigenvalue weighted by molar-refractivity contribution is -0.128. The van der Waals surface area contributed by atoms with Gasteiger partial charge in [-0.1, -0.05) is 18.2 Å². The predicted molar refractivity (Wildman–Crippen MR) is 75.9 cm³/mol. The number of H-pyrrole nitrogens is 1. The Morgan fingerprint density at radius 3 is 2.90 bits per heavy atom. The molecule has 1 aliphatic heterocycles. The third kappa shape index (κ3) is 2.39. The summed E-state index contributed by atoms with van der Waals surface area (Å²) in [6.07, 6.45) is 1.01. The number of carbonyl (C=O) groups is 2. The fourth-order valence-corrected chi connectivity index (χ4v) is 2.70. The van der Waals surface area contributed by atoms with Gasteiger partial charge >= 0.3 is 0 Å². The van der Waals surface area contributed by atoms with Crippen LogP contribution in [0.2, 0.25) is 0 Å². The summed E-state index contributed by atoms with van der Waals surface area (Å²) in [7, 11) is 0. The van der Waals surface area contributed by atoms with Crippen LogP contribution >= 0.6 is 0 Å². The van der Waals surface area contributed by atoms with E-state index in [-0.39, 0.29) is 24.2 Å². The van der Waals surface area contributed by atoms with Crippen LogP contribution in [0.3, 0.4) is 0 Å². The summed E-state index contributed by atoms with van der Waals surface area (Å²) in [4.78, 5) is 28.0. The van der Waals surface area contributed by atoms with Crippen LogP contribution in [-0.2, 0) is 16.0 Å². The monoisotopic (exact) mass is 271 g/mol. The van der Waals surface area contributed by atoms with Crippen LogP contribution < -0.4 is 5.73 Å². The van der Waals surface area contributed by atoms with Gasteiger partial charge in [-0.05, 0) is 17.5 Å². The molecular weight excluding hydrogens is 254 g/mol. The summed E-state index contributed by atoms with van der Waals surface area (Å²) in [5.41, 5.74) is 7.46. The minimum absolute atomic E-state index is 0.0184. The van der Waals surface area contributed by atoms with E-state index in [1.54, 1.807) is 4.90 Å². The zero-order valence-electron chi connectivity index (χ0n) is 11.1. The summed E-state index contributed by atoms with van der Waals surface area (Å²) in [6, 6.07) is 10.2. The molecule has 3 N–H and O–H groups in total. The topological polar surface area (TPSA) is 79.2 Å². The number of nitrogens with zero attached hydrogens (tertiary/aromatic N) is 1. The molecule has 1 saturated heterocycles. The summed E-state index contributed by atoms with van der Waals surface area (Å²) >= 11 is 0. The van der Waals surface area contributed by atoms with Gasteiger partial charge in [-0.2, -0.15) is 0 Å². The normalized spacial score (nSPS) is 18.9. The highest BCUT2D eigenvalue weighted by atomic mass is 16.2. The van der Waals surface area contributed by atoms with E-state index in [1.807, 2.05) is 18.2 Å². The zero-order chi connectivity index (χ0) is 14.1. The first-order chi connectivity index (χ1) is 9.63. The van der Waals surface area contributed by atoms with Crippen molar-refractivity contribution in [1.29, 1.82) is 0 Å². The Morgan fingerprint density at radius 2 is 2.20 bits per heavy atom. The average Bonchev–Trinajstić information content (AvgIpc) is 2.99. The van der Waals surface area contributed by atoms with Crippen molar-refractivity contribution in [3.63, 3.8) is 0 Å². The van der Waals surface area contributed by atoms with E-state index in [0.717, 1.165) is 17.6 Å². The Labute approximate surface area is 116 Å². The molecule has 1 fully saturated rings. The first-order valence-corrected chi connectivity index (χ1v) is 6.77. The Hall–Kier alpha value is -2.30. The Bertz CT molecular complexity index is 629. The van der Waals surface area contributed by atoms with Crippen LogP contribution in [-0.4, -0.2) is 34.8 Å². The summed E-state index contributed by atoms with van der Waals surface area (Å²) in [5.74, 6) is -0.693. The number of rotatable bonds is 4. The van der Waals surface area contributed by atoms with Gasteiger partial charge in [0.25, 0.3) is 0 Å². The maximum Gasteiger partial charge on any atom is 0.223 e. The molecule has 3 rings (SSSR count). The van der Waals surface area contributed by atoms with E-state index < -0.39 is 0 Å². The Morgan fingerprint density at radius 1 is 1.40 bits per heavy atom. The van der Waals surface area contributed by atoms with Crippen LogP contribution in [0.5, 0.6) is 0 Å². The molecule has 2 amide bonds. The van der Waals surface area contributed by atoms with E-state index in [9.17, 15) is 9.59 Å². The zero-order valence-corrected chi connectivity index (χ0v) is 11.1. The van der Waals surface area contributed by atoms with E-state index in [0.29, 0.717) is 13.1 Å². The molecule has 0 aliphatic carbocycles. The van der Waals surface area contributed by atoms with E-state index in [1.165, 1.54) is 5.39 Å². The van der Waals surface area contributed by atoms with E-state index >= 15 is 0 Å². The van der Waals surface area contributed by atoms with Gasteiger partial charge in [0.2, 0.25) is 11.8 Å². The highest BCUT2D eigenvalue weighted by Crippen LogP contribution is 2.19.